The fourth-order valence-electron chi connectivity index (χ4n) is 3.79. The number of amides is 2. The van der Waals surface area contributed by atoms with Crippen LogP contribution in [-0.2, 0) is 4.79 Å². The third-order valence-electron chi connectivity index (χ3n) is 5.03. The Labute approximate surface area is 145 Å². The van der Waals surface area contributed by atoms with E-state index in [9.17, 15) is 18.4 Å². The molecule has 5 nitrogen and oxygen atoms in total. The fourth-order valence-corrected chi connectivity index (χ4v) is 3.79. The van der Waals surface area contributed by atoms with E-state index in [-0.39, 0.29) is 30.2 Å². The normalized spacial score (nSPS) is 23.0. The number of nitrogens with zero attached hydrogens (tertiary/aromatic N) is 2. The highest BCUT2D eigenvalue weighted by molar-refractivity contribution is 5.96. The minimum absolute atomic E-state index is 0.0417. The SMILES string of the molecule is CCCN1C(=O)[C@H]2CC[C@@H]1CN(C(=O)c1c(F)ccc(OC)c1F)C2. The van der Waals surface area contributed by atoms with Crippen molar-refractivity contribution in [1.29, 1.82) is 0 Å². The maximum absolute atomic E-state index is 14.4. The topological polar surface area (TPSA) is 49.9 Å². The van der Waals surface area contributed by atoms with Gasteiger partial charge in [-0.1, -0.05) is 6.92 Å². The van der Waals surface area contributed by atoms with Crippen LogP contribution in [0.1, 0.15) is 36.5 Å². The first kappa shape index (κ1) is 17.6. The summed E-state index contributed by atoms with van der Waals surface area (Å²) in [6.45, 7) is 3.14. The Kier molecular flexibility index (Phi) is 4.92. The van der Waals surface area contributed by atoms with Gasteiger partial charge in [0.1, 0.15) is 11.4 Å². The van der Waals surface area contributed by atoms with Crippen LogP contribution in [0.25, 0.3) is 0 Å². The molecule has 0 aromatic heterocycles. The van der Waals surface area contributed by atoms with E-state index in [1.165, 1.54) is 12.0 Å². The first-order valence-electron chi connectivity index (χ1n) is 8.59. The number of rotatable bonds is 4. The lowest BCUT2D eigenvalue weighted by molar-refractivity contribution is -0.139. The van der Waals surface area contributed by atoms with Gasteiger partial charge >= 0.3 is 0 Å². The number of halogens is 2. The van der Waals surface area contributed by atoms with E-state index in [4.69, 9.17) is 4.74 Å². The number of hydrogen-bond acceptors (Lipinski definition) is 3. The first-order valence-corrected chi connectivity index (χ1v) is 8.59. The second-order valence-electron chi connectivity index (χ2n) is 6.61. The number of benzene rings is 1. The molecule has 136 valence electrons. The molecule has 7 heteroatoms. The smallest absolute Gasteiger partial charge is 0.260 e. The molecule has 3 saturated heterocycles. The number of ether oxygens (including phenoxy) is 1. The molecular weight excluding hydrogens is 330 g/mol. The maximum atomic E-state index is 14.4. The number of piperidine rings is 1. The number of carbonyl (C=O) groups is 2. The molecule has 1 aromatic rings. The van der Waals surface area contributed by atoms with Crippen molar-refractivity contribution in [3.05, 3.63) is 29.3 Å². The molecule has 0 saturated carbocycles. The lowest BCUT2D eigenvalue weighted by Crippen LogP contribution is -2.48. The third kappa shape index (κ3) is 3.07. The van der Waals surface area contributed by atoms with Crippen molar-refractivity contribution in [1.82, 2.24) is 9.80 Å². The first-order chi connectivity index (χ1) is 12.0. The molecular formula is C18H22F2N2O3. The molecule has 2 amide bonds. The summed E-state index contributed by atoms with van der Waals surface area (Å²) in [4.78, 5) is 28.6. The van der Waals surface area contributed by atoms with Crippen molar-refractivity contribution in [3.8, 4) is 5.75 Å². The van der Waals surface area contributed by atoms with Crippen molar-refractivity contribution in [3.63, 3.8) is 0 Å². The van der Waals surface area contributed by atoms with E-state index in [0.29, 0.717) is 19.5 Å². The number of fused-ring (bicyclic) bond motifs is 4. The molecule has 0 radical (unpaired) electrons. The van der Waals surface area contributed by atoms with Crippen LogP contribution in [0.5, 0.6) is 5.75 Å². The summed E-state index contributed by atoms with van der Waals surface area (Å²) in [6, 6.07) is 2.09. The zero-order valence-corrected chi connectivity index (χ0v) is 14.4. The highest BCUT2D eigenvalue weighted by atomic mass is 19.1. The van der Waals surface area contributed by atoms with Crippen molar-refractivity contribution < 1.29 is 23.1 Å². The summed E-state index contributed by atoms with van der Waals surface area (Å²) >= 11 is 0. The standard InChI is InChI=1S/C18H22F2N2O3/c1-3-8-22-12-5-4-11(17(22)23)9-21(10-12)18(24)15-13(19)6-7-14(25-2)16(15)20/h6-7,11-12H,3-5,8-10H2,1-2H3/t11-,12+/m0/s1. The van der Waals surface area contributed by atoms with Gasteiger partial charge in [0.05, 0.1) is 13.0 Å². The summed E-state index contributed by atoms with van der Waals surface area (Å²) in [5, 5.41) is 0. The molecule has 4 rings (SSSR count). The van der Waals surface area contributed by atoms with Gasteiger partial charge in [0, 0.05) is 25.7 Å². The van der Waals surface area contributed by atoms with Crippen molar-refractivity contribution in [2.24, 2.45) is 5.92 Å². The summed E-state index contributed by atoms with van der Waals surface area (Å²) in [5.41, 5.74) is -0.616. The summed E-state index contributed by atoms with van der Waals surface area (Å²) in [6.07, 6.45) is 2.35. The molecule has 25 heavy (non-hydrogen) atoms. The van der Waals surface area contributed by atoms with Crippen LogP contribution in [0.15, 0.2) is 12.1 Å². The van der Waals surface area contributed by atoms with Gasteiger partial charge in [-0.05, 0) is 31.4 Å². The minimum Gasteiger partial charge on any atom is -0.494 e. The van der Waals surface area contributed by atoms with Crippen LogP contribution in [-0.4, -0.2) is 54.4 Å². The van der Waals surface area contributed by atoms with Crippen LogP contribution in [0.3, 0.4) is 0 Å². The van der Waals surface area contributed by atoms with Gasteiger partial charge in [-0.3, -0.25) is 9.59 Å². The molecule has 3 aliphatic rings. The monoisotopic (exact) mass is 352 g/mol. The van der Waals surface area contributed by atoms with E-state index in [1.54, 1.807) is 0 Å². The van der Waals surface area contributed by atoms with Gasteiger partial charge in [-0.25, -0.2) is 8.78 Å². The number of hydrogen-bond donors (Lipinski definition) is 0. The maximum Gasteiger partial charge on any atom is 0.260 e. The second kappa shape index (κ2) is 6.98. The average Bonchev–Trinajstić information content (AvgIpc) is 2.88. The Morgan fingerprint density at radius 3 is 2.72 bits per heavy atom. The minimum atomic E-state index is -0.999. The van der Waals surface area contributed by atoms with Gasteiger partial charge in [0.15, 0.2) is 11.6 Å². The van der Waals surface area contributed by atoms with Gasteiger partial charge in [0.25, 0.3) is 5.91 Å². The van der Waals surface area contributed by atoms with Crippen LogP contribution < -0.4 is 4.74 Å². The lowest BCUT2D eigenvalue weighted by Gasteiger charge is -2.35. The summed E-state index contributed by atoms with van der Waals surface area (Å²) in [5.74, 6) is -3.08. The Balaban J connectivity index is 1.91. The highest BCUT2D eigenvalue weighted by Gasteiger charge is 2.42. The van der Waals surface area contributed by atoms with Crippen molar-refractivity contribution in [2.75, 3.05) is 26.7 Å². The Hall–Kier alpha value is -2.18. The van der Waals surface area contributed by atoms with Gasteiger partial charge < -0.3 is 14.5 Å². The average molecular weight is 352 g/mol. The largest absolute Gasteiger partial charge is 0.494 e. The number of methoxy groups -OCH3 is 1. The quantitative estimate of drug-likeness (QED) is 0.836. The van der Waals surface area contributed by atoms with Crippen LogP contribution in [0.2, 0.25) is 0 Å². The van der Waals surface area contributed by atoms with Crippen molar-refractivity contribution >= 4 is 11.8 Å². The fraction of sp³-hybridized carbons (Fsp3) is 0.556. The van der Waals surface area contributed by atoms with E-state index >= 15 is 0 Å². The summed E-state index contributed by atoms with van der Waals surface area (Å²) in [7, 11) is 1.26. The van der Waals surface area contributed by atoms with E-state index in [2.05, 4.69) is 0 Å². The van der Waals surface area contributed by atoms with Crippen LogP contribution in [0.4, 0.5) is 8.78 Å². The molecule has 1 aromatic carbocycles. The molecule has 3 fully saturated rings. The zero-order valence-electron chi connectivity index (χ0n) is 14.4. The molecule has 0 aliphatic carbocycles. The van der Waals surface area contributed by atoms with Crippen molar-refractivity contribution in [2.45, 2.75) is 32.2 Å². The summed E-state index contributed by atoms with van der Waals surface area (Å²) < 4.78 is 33.4. The molecule has 3 heterocycles. The van der Waals surface area contributed by atoms with Crippen LogP contribution in [0, 0.1) is 17.6 Å². The lowest BCUT2D eigenvalue weighted by atomic mass is 9.94. The van der Waals surface area contributed by atoms with E-state index in [0.717, 1.165) is 25.0 Å². The Morgan fingerprint density at radius 1 is 1.28 bits per heavy atom. The Bertz CT molecular complexity index is 695. The van der Waals surface area contributed by atoms with E-state index in [1.807, 2.05) is 11.8 Å². The molecule has 2 bridgehead atoms. The number of carbonyl (C=O) groups excluding carboxylic acids is 2. The molecule has 0 spiro atoms. The molecule has 3 aliphatic heterocycles. The third-order valence-corrected chi connectivity index (χ3v) is 5.03. The van der Waals surface area contributed by atoms with Gasteiger partial charge in [-0.2, -0.15) is 0 Å². The predicted octanol–water partition coefficient (Wildman–Crippen LogP) is 2.45. The van der Waals surface area contributed by atoms with E-state index < -0.39 is 23.1 Å². The molecule has 0 N–H and O–H groups in total. The Morgan fingerprint density at radius 2 is 2.04 bits per heavy atom. The van der Waals surface area contributed by atoms with Crippen LogP contribution >= 0.6 is 0 Å². The molecule has 0 unspecified atom stereocenters. The highest BCUT2D eigenvalue weighted by Crippen LogP contribution is 2.31. The molecule has 2 atom stereocenters. The predicted molar refractivity (Wildman–Crippen MR) is 87.3 cm³/mol. The van der Waals surface area contributed by atoms with Gasteiger partial charge in [-0.15, -0.1) is 0 Å². The van der Waals surface area contributed by atoms with Gasteiger partial charge in [0.2, 0.25) is 5.91 Å². The second-order valence-corrected chi connectivity index (χ2v) is 6.61. The zero-order chi connectivity index (χ0) is 18.1.